The summed E-state index contributed by atoms with van der Waals surface area (Å²) in [6.45, 7) is 7.49. The lowest BCUT2D eigenvalue weighted by atomic mass is 9.94. The second-order valence-corrected chi connectivity index (χ2v) is 8.67. The normalized spacial score (nSPS) is 12.1. The largest absolute Gasteiger partial charge is 0.497 e. The highest BCUT2D eigenvalue weighted by molar-refractivity contribution is 7.10. The predicted molar refractivity (Wildman–Crippen MR) is 119 cm³/mol. The summed E-state index contributed by atoms with van der Waals surface area (Å²) in [6, 6.07) is 10.3. The van der Waals surface area contributed by atoms with Crippen molar-refractivity contribution < 1.29 is 9.15 Å². The quantitative estimate of drug-likeness (QED) is 0.458. The van der Waals surface area contributed by atoms with E-state index in [1.165, 1.54) is 16.0 Å². The first kappa shape index (κ1) is 20.9. The molecule has 3 rings (SSSR count). The van der Waals surface area contributed by atoms with Gasteiger partial charge in [-0.05, 0) is 34.7 Å². The van der Waals surface area contributed by atoms with Gasteiger partial charge < -0.3 is 19.8 Å². The average molecular weight is 413 g/mol. The molecule has 0 saturated heterocycles. The van der Waals surface area contributed by atoms with E-state index in [-0.39, 0.29) is 5.41 Å². The van der Waals surface area contributed by atoms with E-state index in [9.17, 15) is 0 Å². The molecule has 0 fully saturated rings. The van der Waals surface area contributed by atoms with Crippen LogP contribution in [-0.2, 0) is 18.5 Å². The van der Waals surface area contributed by atoms with Crippen LogP contribution >= 0.6 is 11.3 Å². The lowest BCUT2D eigenvalue weighted by Gasteiger charge is -2.13. The monoisotopic (exact) mass is 412 g/mol. The molecule has 0 bridgehead atoms. The van der Waals surface area contributed by atoms with Crippen molar-refractivity contribution in [3.05, 3.63) is 58.4 Å². The summed E-state index contributed by atoms with van der Waals surface area (Å²) in [5.41, 5.74) is 2.33. The first-order valence-corrected chi connectivity index (χ1v) is 10.4. The fourth-order valence-corrected chi connectivity index (χ4v) is 3.53. The summed E-state index contributed by atoms with van der Waals surface area (Å²) in [7, 11) is 3.43. The van der Waals surface area contributed by atoms with Gasteiger partial charge in [-0.1, -0.05) is 32.9 Å². The number of aliphatic imine (C=N–C) groups is 1. The standard InChI is InChI=1S/C22H28N4O2S/c1-22(2,3)19-12-24-20(28-19)13-26-21(23-4)25-11-18-10-16(14-29-18)15-6-8-17(27-5)9-7-15/h6-10,12,14H,11,13H2,1-5H3,(H2,23,25,26). The Morgan fingerprint density at radius 2 is 1.86 bits per heavy atom. The number of rotatable bonds is 6. The summed E-state index contributed by atoms with van der Waals surface area (Å²) < 4.78 is 11.0. The first-order chi connectivity index (χ1) is 13.9. The Kier molecular flexibility index (Phi) is 6.59. The van der Waals surface area contributed by atoms with Crippen molar-refractivity contribution in [3.8, 4) is 16.9 Å². The van der Waals surface area contributed by atoms with E-state index in [0.717, 1.165) is 11.5 Å². The van der Waals surface area contributed by atoms with Crippen LogP contribution < -0.4 is 15.4 Å². The smallest absolute Gasteiger partial charge is 0.213 e. The summed E-state index contributed by atoms with van der Waals surface area (Å²) in [5, 5.41) is 8.74. The molecule has 2 aromatic heterocycles. The van der Waals surface area contributed by atoms with Gasteiger partial charge in [0.05, 0.1) is 26.4 Å². The van der Waals surface area contributed by atoms with E-state index in [2.05, 4.69) is 65.0 Å². The summed E-state index contributed by atoms with van der Waals surface area (Å²) in [4.78, 5) is 9.84. The van der Waals surface area contributed by atoms with Crippen LogP contribution in [0.1, 0.15) is 37.3 Å². The fraction of sp³-hybridized carbons (Fsp3) is 0.364. The minimum Gasteiger partial charge on any atom is -0.497 e. The van der Waals surface area contributed by atoms with Crippen LogP contribution in [0.5, 0.6) is 5.75 Å². The highest BCUT2D eigenvalue weighted by atomic mass is 32.1. The number of ether oxygens (including phenoxy) is 1. The molecule has 1 aromatic carbocycles. The van der Waals surface area contributed by atoms with Crippen LogP contribution in [0.3, 0.4) is 0 Å². The van der Waals surface area contributed by atoms with Gasteiger partial charge in [-0.3, -0.25) is 4.99 Å². The maximum Gasteiger partial charge on any atom is 0.213 e. The van der Waals surface area contributed by atoms with Gasteiger partial charge in [0.25, 0.3) is 0 Å². The van der Waals surface area contributed by atoms with Crippen molar-refractivity contribution in [2.45, 2.75) is 39.3 Å². The molecule has 0 amide bonds. The molecule has 0 spiro atoms. The molecule has 2 N–H and O–H groups in total. The number of methoxy groups -OCH3 is 1. The van der Waals surface area contributed by atoms with Gasteiger partial charge in [-0.25, -0.2) is 4.98 Å². The number of aromatic nitrogens is 1. The van der Waals surface area contributed by atoms with Gasteiger partial charge in [-0.2, -0.15) is 0 Å². The minimum absolute atomic E-state index is 0.0497. The molecule has 0 radical (unpaired) electrons. The molecule has 6 nitrogen and oxygen atoms in total. The number of oxazole rings is 1. The Labute approximate surface area is 176 Å². The van der Waals surface area contributed by atoms with Gasteiger partial charge in [0.2, 0.25) is 5.89 Å². The number of nitrogens with one attached hydrogen (secondary N) is 2. The molecule has 7 heteroatoms. The lowest BCUT2D eigenvalue weighted by Crippen LogP contribution is -2.36. The lowest BCUT2D eigenvalue weighted by molar-refractivity contribution is 0.379. The second-order valence-electron chi connectivity index (χ2n) is 7.68. The third-order valence-electron chi connectivity index (χ3n) is 4.43. The molecule has 29 heavy (non-hydrogen) atoms. The van der Waals surface area contributed by atoms with Crippen molar-refractivity contribution in [3.63, 3.8) is 0 Å². The van der Waals surface area contributed by atoms with Gasteiger partial charge >= 0.3 is 0 Å². The van der Waals surface area contributed by atoms with E-state index < -0.39 is 0 Å². The van der Waals surface area contributed by atoms with Crippen LogP contribution in [0.25, 0.3) is 11.1 Å². The molecule has 0 atom stereocenters. The molecule has 0 aliphatic rings. The molecule has 0 aliphatic heterocycles. The number of benzene rings is 1. The number of guanidine groups is 1. The SMILES string of the molecule is CN=C(NCc1ncc(C(C)(C)C)o1)NCc1cc(-c2ccc(OC)cc2)cs1. The molecular weight excluding hydrogens is 384 g/mol. The summed E-state index contributed by atoms with van der Waals surface area (Å²) in [6.07, 6.45) is 1.79. The van der Waals surface area contributed by atoms with Gasteiger partial charge in [0.15, 0.2) is 5.96 Å². The van der Waals surface area contributed by atoms with Crippen molar-refractivity contribution in [1.29, 1.82) is 0 Å². The maximum absolute atomic E-state index is 5.81. The highest BCUT2D eigenvalue weighted by Crippen LogP contribution is 2.27. The zero-order chi connectivity index (χ0) is 20.9. The van der Waals surface area contributed by atoms with Crippen molar-refractivity contribution in [2.24, 2.45) is 4.99 Å². The van der Waals surface area contributed by atoms with E-state index in [0.29, 0.717) is 24.9 Å². The van der Waals surface area contributed by atoms with Crippen molar-refractivity contribution in [2.75, 3.05) is 14.2 Å². The topological polar surface area (TPSA) is 71.7 Å². The van der Waals surface area contributed by atoms with Crippen LogP contribution in [0, 0.1) is 0 Å². The number of hydrogen-bond donors (Lipinski definition) is 2. The second kappa shape index (κ2) is 9.13. The molecule has 2 heterocycles. The van der Waals surface area contributed by atoms with Gasteiger partial charge in [0.1, 0.15) is 11.5 Å². The maximum atomic E-state index is 5.81. The molecule has 0 aliphatic carbocycles. The van der Waals surface area contributed by atoms with Gasteiger partial charge in [-0.15, -0.1) is 11.3 Å². The Bertz CT molecular complexity index is 952. The number of nitrogens with zero attached hydrogens (tertiary/aromatic N) is 2. The molecule has 0 saturated carbocycles. The van der Waals surface area contributed by atoms with Crippen molar-refractivity contribution in [1.82, 2.24) is 15.6 Å². The third kappa shape index (κ3) is 5.60. The third-order valence-corrected chi connectivity index (χ3v) is 5.37. The minimum atomic E-state index is -0.0497. The van der Waals surface area contributed by atoms with Crippen molar-refractivity contribution >= 4 is 17.3 Å². The Balaban J connectivity index is 1.53. The Morgan fingerprint density at radius 3 is 2.48 bits per heavy atom. The van der Waals surface area contributed by atoms with E-state index >= 15 is 0 Å². The zero-order valence-corrected chi connectivity index (χ0v) is 18.4. The molecule has 154 valence electrons. The summed E-state index contributed by atoms with van der Waals surface area (Å²) >= 11 is 1.72. The van der Waals surface area contributed by atoms with Crippen LogP contribution in [-0.4, -0.2) is 25.1 Å². The van der Waals surface area contributed by atoms with Crippen LogP contribution in [0.2, 0.25) is 0 Å². The molecule has 3 aromatic rings. The Morgan fingerprint density at radius 1 is 1.14 bits per heavy atom. The zero-order valence-electron chi connectivity index (χ0n) is 17.6. The van der Waals surface area contributed by atoms with E-state index in [1.54, 1.807) is 31.7 Å². The first-order valence-electron chi connectivity index (χ1n) is 9.50. The molecule has 0 unspecified atom stereocenters. The highest BCUT2D eigenvalue weighted by Gasteiger charge is 2.19. The summed E-state index contributed by atoms with van der Waals surface area (Å²) in [5.74, 6) is 3.10. The predicted octanol–water partition coefficient (Wildman–Crippen LogP) is 4.57. The van der Waals surface area contributed by atoms with E-state index in [4.69, 9.17) is 9.15 Å². The van der Waals surface area contributed by atoms with Gasteiger partial charge in [0, 0.05) is 17.3 Å². The number of hydrogen-bond acceptors (Lipinski definition) is 5. The fourth-order valence-electron chi connectivity index (χ4n) is 2.70. The number of thiophene rings is 1. The van der Waals surface area contributed by atoms with Crippen LogP contribution in [0.4, 0.5) is 0 Å². The average Bonchev–Trinajstić information content (AvgIpc) is 3.38. The van der Waals surface area contributed by atoms with E-state index in [1.807, 2.05) is 12.1 Å². The van der Waals surface area contributed by atoms with Crippen LogP contribution in [0.15, 0.2) is 51.3 Å². The molecular formula is C22H28N4O2S. The Hall–Kier alpha value is -2.80.